The van der Waals surface area contributed by atoms with Crippen molar-refractivity contribution in [1.29, 1.82) is 0 Å². The van der Waals surface area contributed by atoms with Crippen molar-refractivity contribution in [1.82, 2.24) is 10.2 Å². The van der Waals surface area contributed by atoms with E-state index in [1.807, 2.05) is 25.1 Å². The quantitative estimate of drug-likeness (QED) is 0.828. The van der Waals surface area contributed by atoms with Crippen LogP contribution >= 0.6 is 0 Å². The van der Waals surface area contributed by atoms with E-state index in [4.69, 9.17) is 4.74 Å². The lowest BCUT2D eigenvalue weighted by Crippen LogP contribution is -2.48. The van der Waals surface area contributed by atoms with Crippen LogP contribution in [0, 0.1) is 12.7 Å². The number of benzene rings is 2. The molecule has 0 aliphatic heterocycles. The van der Waals surface area contributed by atoms with Crippen LogP contribution in [0.15, 0.2) is 48.5 Å². The van der Waals surface area contributed by atoms with Crippen LogP contribution in [-0.4, -0.2) is 36.4 Å². The number of nitrogens with zero attached hydrogens (tertiary/aromatic N) is 1. The van der Waals surface area contributed by atoms with E-state index in [1.54, 1.807) is 31.2 Å². The molecule has 1 N–H and O–H groups in total. The van der Waals surface area contributed by atoms with Gasteiger partial charge in [0.15, 0.2) is 6.61 Å². The standard InChI is InChI=1S/C20H23FN2O3/c1-14-7-6-9-17(11-14)26-13-19(24)23(15(2)20(25)22-3)12-16-8-4-5-10-18(16)21/h4-11,15H,12-13H2,1-3H3,(H,22,25)/t15-/m0/s1. The molecule has 1 atom stereocenters. The van der Waals surface area contributed by atoms with Gasteiger partial charge in [0, 0.05) is 19.2 Å². The Kier molecular flexibility index (Phi) is 6.72. The molecule has 6 heteroatoms. The number of nitrogens with one attached hydrogen (secondary N) is 1. The van der Waals surface area contributed by atoms with Gasteiger partial charge >= 0.3 is 0 Å². The molecule has 0 radical (unpaired) electrons. The maximum Gasteiger partial charge on any atom is 0.261 e. The van der Waals surface area contributed by atoms with Gasteiger partial charge in [-0.25, -0.2) is 4.39 Å². The summed E-state index contributed by atoms with van der Waals surface area (Å²) in [6, 6.07) is 12.8. The minimum atomic E-state index is -0.756. The van der Waals surface area contributed by atoms with Crippen molar-refractivity contribution in [2.45, 2.75) is 26.4 Å². The van der Waals surface area contributed by atoms with Crippen LogP contribution in [0.5, 0.6) is 5.75 Å². The Labute approximate surface area is 152 Å². The summed E-state index contributed by atoms with van der Waals surface area (Å²) >= 11 is 0. The van der Waals surface area contributed by atoms with Gasteiger partial charge in [-0.05, 0) is 37.6 Å². The highest BCUT2D eigenvalue weighted by atomic mass is 19.1. The molecule has 2 rings (SSSR count). The molecule has 2 aromatic carbocycles. The molecule has 0 unspecified atom stereocenters. The summed E-state index contributed by atoms with van der Waals surface area (Å²) in [4.78, 5) is 26.0. The van der Waals surface area contributed by atoms with E-state index in [0.717, 1.165) is 5.56 Å². The lowest BCUT2D eigenvalue weighted by atomic mass is 10.1. The molecule has 0 saturated heterocycles. The van der Waals surface area contributed by atoms with Crippen LogP contribution < -0.4 is 10.1 Å². The number of likely N-dealkylation sites (N-methyl/N-ethyl adjacent to an activating group) is 1. The minimum Gasteiger partial charge on any atom is -0.484 e. The average Bonchev–Trinajstić information content (AvgIpc) is 2.64. The van der Waals surface area contributed by atoms with Crippen molar-refractivity contribution in [3.8, 4) is 5.75 Å². The molecule has 138 valence electrons. The van der Waals surface area contributed by atoms with Crippen molar-refractivity contribution in [3.05, 3.63) is 65.5 Å². The van der Waals surface area contributed by atoms with Gasteiger partial charge in [-0.3, -0.25) is 9.59 Å². The van der Waals surface area contributed by atoms with Gasteiger partial charge in [-0.15, -0.1) is 0 Å². The van der Waals surface area contributed by atoms with Gasteiger partial charge in [-0.2, -0.15) is 0 Å². The molecule has 2 aromatic rings. The van der Waals surface area contributed by atoms with Gasteiger partial charge in [0.25, 0.3) is 5.91 Å². The van der Waals surface area contributed by atoms with E-state index < -0.39 is 17.8 Å². The number of amides is 2. The summed E-state index contributed by atoms with van der Waals surface area (Å²) in [5.41, 5.74) is 1.35. The molecule has 0 fully saturated rings. The molecular weight excluding hydrogens is 335 g/mol. The maximum absolute atomic E-state index is 14.0. The van der Waals surface area contributed by atoms with Crippen LogP contribution in [0.3, 0.4) is 0 Å². The van der Waals surface area contributed by atoms with Crippen LogP contribution in [0.2, 0.25) is 0 Å². The first-order valence-corrected chi connectivity index (χ1v) is 8.36. The normalized spacial score (nSPS) is 11.5. The lowest BCUT2D eigenvalue weighted by Gasteiger charge is -2.28. The summed E-state index contributed by atoms with van der Waals surface area (Å²) in [7, 11) is 1.49. The number of ether oxygens (including phenoxy) is 1. The van der Waals surface area contributed by atoms with Gasteiger partial charge in [0.05, 0.1) is 0 Å². The Morgan fingerprint density at radius 1 is 1.19 bits per heavy atom. The van der Waals surface area contributed by atoms with Gasteiger partial charge in [0.1, 0.15) is 17.6 Å². The zero-order valence-corrected chi connectivity index (χ0v) is 15.2. The van der Waals surface area contributed by atoms with E-state index >= 15 is 0 Å². The SMILES string of the molecule is CNC(=O)[C@H](C)N(Cc1ccccc1F)C(=O)COc1cccc(C)c1. The van der Waals surface area contributed by atoms with Gasteiger partial charge in [0.2, 0.25) is 5.91 Å². The first kappa shape index (κ1) is 19.4. The molecule has 0 spiro atoms. The van der Waals surface area contributed by atoms with Crippen molar-refractivity contribution in [2.75, 3.05) is 13.7 Å². The molecule has 0 heterocycles. The maximum atomic E-state index is 14.0. The smallest absolute Gasteiger partial charge is 0.261 e. The summed E-state index contributed by atoms with van der Waals surface area (Å²) in [5.74, 6) is -0.582. The molecule has 5 nitrogen and oxygen atoms in total. The zero-order chi connectivity index (χ0) is 19.1. The second-order valence-electron chi connectivity index (χ2n) is 6.01. The predicted octanol–water partition coefficient (Wildman–Crippen LogP) is 2.68. The van der Waals surface area contributed by atoms with E-state index in [9.17, 15) is 14.0 Å². The first-order valence-electron chi connectivity index (χ1n) is 8.36. The van der Waals surface area contributed by atoms with Crippen molar-refractivity contribution < 1.29 is 18.7 Å². The molecule has 0 saturated carbocycles. The Morgan fingerprint density at radius 2 is 1.92 bits per heavy atom. The topological polar surface area (TPSA) is 58.6 Å². The Hall–Kier alpha value is -2.89. The third kappa shape index (κ3) is 5.05. The average molecular weight is 358 g/mol. The molecule has 0 aromatic heterocycles. The van der Waals surface area contributed by atoms with E-state index in [2.05, 4.69) is 5.32 Å². The highest BCUT2D eigenvalue weighted by molar-refractivity contribution is 5.87. The number of halogens is 1. The number of hydrogen-bond donors (Lipinski definition) is 1. The fraction of sp³-hybridized carbons (Fsp3) is 0.300. The Bertz CT molecular complexity index is 779. The summed E-state index contributed by atoms with van der Waals surface area (Å²) < 4.78 is 19.5. The largest absolute Gasteiger partial charge is 0.484 e. The molecule has 0 aliphatic rings. The van der Waals surface area contributed by atoms with Crippen LogP contribution in [0.4, 0.5) is 4.39 Å². The van der Waals surface area contributed by atoms with E-state index in [-0.39, 0.29) is 19.1 Å². The monoisotopic (exact) mass is 358 g/mol. The Morgan fingerprint density at radius 3 is 2.58 bits per heavy atom. The molecule has 26 heavy (non-hydrogen) atoms. The van der Waals surface area contributed by atoms with Crippen molar-refractivity contribution in [2.24, 2.45) is 0 Å². The number of rotatable bonds is 7. The molecule has 0 aliphatic carbocycles. The number of carbonyl (C=O) groups is 2. The van der Waals surface area contributed by atoms with E-state index in [0.29, 0.717) is 11.3 Å². The molecule has 2 amide bonds. The highest BCUT2D eigenvalue weighted by Crippen LogP contribution is 2.15. The van der Waals surface area contributed by atoms with Crippen LogP contribution in [0.1, 0.15) is 18.1 Å². The summed E-state index contributed by atoms with van der Waals surface area (Å²) in [6.45, 7) is 3.27. The number of carbonyl (C=O) groups excluding carboxylic acids is 2. The summed E-state index contributed by atoms with van der Waals surface area (Å²) in [6.07, 6.45) is 0. The Balaban J connectivity index is 2.15. The van der Waals surface area contributed by atoms with Gasteiger partial charge < -0.3 is 15.0 Å². The van der Waals surface area contributed by atoms with Gasteiger partial charge in [-0.1, -0.05) is 30.3 Å². The molecular formula is C20H23FN2O3. The van der Waals surface area contributed by atoms with Crippen LogP contribution in [-0.2, 0) is 16.1 Å². The second kappa shape index (κ2) is 8.99. The first-order chi connectivity index (χ1) is 12.4. The minimum absolute atomic E-state index is 0.0166. The third-order valence-corrected chi connectivity index (χ3v) is 4.06. The van der Waals surface area contributed by atoms with Crippen molar-refractivity contribution >= 4 is 11.8 Å². The van der Waals surface area contributed by atoms with Crippen molar-refractivity contribution in [3.63, 3.8) is 0 Å². The molecule has 0 bridgehead atoms. The second-order valence-corrected chi connectivity index (χ2v) is 6.01. The number of hydrogen-bond acceptors (Lipinski definition) is 3. The number of aryl methyl sites for hydroxylation is 1. The predicted molar refractivity (Wildman–Crippen MR) is 97.2 cm³/mol. The highest BCUT2D eigenvalue weighted by Gasteiger charge is 2.26. The third-order valence-electron chi connectivity index (χ3n) is 4.06. The summed E-state index contributed by atoms with van der Waals surface area (Å²) in [5, 5.41) is 2.51. The fourth-order valence-electron chi connectivity index (χ4n) is 2.53. The lowest BCUT2D eigenvalue weighted by molar-refractivity contribution is -0.142. The van der Waals surface area contributed by atoms with Crippen LogP contribution in [0.25, 0.3) is 0 Å². The fourth-order valence-corrected chi connectivity index (χ4v) is 2.53. The zero-order valence-electron chi connectivity index (χ0n) is 15.2. The van der Waals surface area contributed by atoms with E-state index in [1.165, 1.54) is 18.0 Å².